The van der Waals surface area contributed by atoms with Crippen molar-refractivity contribution in [3.8, 4) is 0 Å². The fraction of sp³-hybridized carbons (Fsp3) is 0.889. The molecule has 1 aliphatic rings. The Bertz CT molecular complexity index is 191. The summed E-state index contributed by atoms with van der Waals surface area (Å²) in [5.74, 6) is -0.246. The molecule has 0 aliphatic heterocycles. The van der Waals surface area contributed by atoms with E-state index in [9.17, 15) is 4.79 Å². The van der Waals surface area contributed by atoms with Crippen LogP contribution in [0.15, 0.2) is 0 Å². The number of carbonyl (C=O) groups excluding carboxylic acids is 1. The molecule has 3 heteroatoms. The van der Waals surface area contributed by atoms with Gasteiger partial charge in [0.05, 0.1) is 6.61 Å². The molecule has 0 atom stereocenters. The van der Waals surface area contributed by atoms with Gasteiger partial charge in [-0.1, -0.05) is 13.8 Å². The van der Waals surface area contributed by atoms with Crippen molar-refractivity contribution in [1.29, 1.82) is 0 Å². The second-order valence-corrected chi connectivity index (χ2v) is 4.39. The lowest BCUT2D eigenvalue weighted by molar-refractivity contribution is -0.158. The first-order chi connectivity index (χ1) is 5.40. The molecule has 0 saturated heterocycles. The Labute approximate surface area is 73.3 Å². The summed E-state index contributed by atoms with van der Waals surface area (Å²) in [6, 6.07) is 0. The first kappa shape index (κ1) is 9.52. The predicted octanol–water partition coefficient (Wildman–Crippen LogP) is 1.07. The lowest BCUT2D eigenvalue weighted by Gasteiger charge is -2.48. The molecule has 0 unspecified atom stereocenters. The summed E-state index contributed by atoms with van der Waals surface area (Å²) in [6.07, 6.45) is 1.47. The van der Waals surface area contributed by atoms with Crippen LogP contribution in [0, 0.1) is 5.41 Å². The molecule has 0 heterocycles. The lowest BCUT2D eigenvalue weighted by Crippen LogP contribution is -2.61. The Morgan fingerprint density at radius 3 is 2.33 bits per heavy atom. The highest BCUT2D eigenvalue weighted by molar-refractivity contribution is 5.82. The first-order valence-corrected chi connectivity index (χ1v) is 4.36. The number of nitrogens with two attached hydrogens (primary N) is 1. The maximum Gasteiger partial charge on any atom is 0.326 e. The number of esters is 1. The van der Waals surface area contributed by atoms with Crippen molar-refractivity contribution in [3.05, 3.63) is 0 Å². The van der Waals surface area contributed by atoms with Crippen molar-refractivity contribution < 1.29 is 9.53 Å². The van der Waals surface area contributed by atoms with Crippen LogP contribution in [0.3, 0.4) is 0 Å². The van der Waals surface area contributed by atoms with Gasteiger partial charge in [0.1, 0.15) is 5.54 Å². The van der Waals surface area contributed by atoms with E-state index in [1.54, 1.807) is 6.92 Å². The molecule has 2 N–H and O–H groups in total. The third-order valence-electron chi connectivity index (χ3n) is 2.27. The van der Waals surface area contributed by atoms with Crippen LogP contribution in [0.25, 0.3) is 0 Å². The molecule has 1 rings (SSSR count). The summed E-state index contributed by atoms with van der Waals surface area (Å²) < 4.78 is 4.88. The molecule has 3 nitrogen and oxygen atoms in total. The van der Waals surface area contributed by atoms with Gasteiger partial charge in [-0.15, -0.1) is 0 Å². The lowest BCUT2D eigenvalue weighted by atomic mass is 9.60. The van der Waals surface area contributed by atoms with Gasteiger partial charge in [0, 0.05) is 0 Å². The zero-order chi connectivity index (χ0) is 9.41. The van der Waals surface area contributed by atoms with Gasteiger partial charge in [-0.05, 0) is 25.2 Å². The summed E-state index contributed by atoms with van der Waals surface area (Å²) in [4.78, 5) is 11.3. The van der Waals surface area contributed by atoms with Gasteiger partial charge in [0.15, 0.2) is 0 Å². The average molecular weight is 171 g/mol. The first-order valence-electron chi connectivity index (χ1n) is 4.36. The molecule has 0 aromatic heterocycles. The third-order valence-corrected chi connectivity index (χ3v) is 2.27. The van der Waals surface area contributed by atoms with Gasteiger partial charge in [0.2, 0.25) is 0 Å². The topological polar surface area (TPSA) is 52.3 Å². The number of rotatable bonds is 2. The molecule has 1 saturated carbocycles. The van der Waals surface area contributed by atoms with E-state index in [0.29, 0.717) is 6.61 Å². The van der Waals surface area contributed by atoms with Crippen LogP contribution in [0.4, 0.5) is 0 Å². The third kappa shape index (κ3) is 1.61. The molecule has 0 aromatic carbocycles. The molecule has 0 spiro atoms. The molecule has 1 aliphatic carbocycles. The minimum atomic E-state index is -0.695. The van der Waals surface area contributed by atoms with E-state index < -0.39 is 5.54 Å². The van der Waals surface area contributed by atoms with Crippen molar-refractivity contribution in [2.45, 2.75) is 39.2 Å². The molecule has 12 heavy (non-hydrogen) atoms. The predicted molar refractivity (Wildman–Crippen MR) is 46.6 cm³/mol. The van der Waals surface area contributed by atoms with Gasteiger partial charge < -0.3 is 10.5 Å². The van der Waals surface area contributed by atoms with E-state index in [1.165, 1.54) is 0 Å². The van der Waals surface area contributed by atoms with Crippen LogP contribution < -0.4 is 5.73 Å². The van der Waals surface area contributed by atoms with Gasteiger partial charge in [-0.2, -0.15) is 0 Å². The second kappa shape index (κ2) is 2.73. The molecular formula is C9H17NO2. The van der Waals surface area contributed by atoms with Crippen molar-refractivity contribution in [2.75, 3.05) is 6.61 Å². The van der Waals surface area contributed by atoms with Gasteiger partial charge >= 0.3 is 5.97 Å². The van der Waals surface area contributed by atoms with Crippen LogP contribution in [0.5, 0.6) is 0 Å². The highest BCUT2D eigenvalue weighted by atomic mass is 16.5. The second-order valence-electron chi connectivity index (χ2n) is 4.39. The van der Waals surface area contributed by atoms with Crippen molar-refractivity contribution in [1.82, 2.24) is 0 Å². The van der Waals surface area contributed by atoms with Crippen molar-refractivity contribution in [2.24, 2.45) is 11.1 Å². The Balaban J connectivity index is 2.49. The fourth-order valence-corrected chi connectivity index (χ4v) is 2.08. The smallest absolute Gasteiger partial charge is 0.326 e. The molecular weight excluding hydrogens is 154 g/mol. The van der Waals surface area contributed by atoms with Crippen molar-refractivity contribution in [3.63, 3.8) is 0 Å². The van der Waals surface area contributed by atoms with Crippen LogP contribution in [-0.2, 0) is 9.53 Å². The van der Waals surface area contributed by atoms with Crippen LogP contribution in [0.2, 0.25) is 0 Å². The zero-order valence-electron chi connectivity index (χ0n) is 8.02. The van der Waals surface area contributed by atoms with E-state index in [2.05, 4.69) is 13.8 Å². The van der Waals surface area contributed by atoms with Crippen LogP contribution in [0.1, 0.15) is 33.6 Å². The SMILES string of the molecule is CCOC(=O)C1(N)CC(C)(C)C1. The summed E-state index contributed by atoms with van der Waals surface area (Å²) in [5.41, 5.74) is 5.35. The Kier molecular flexibility index (Phi) is 2.17. The number of hydrogen-bond acceptors (Lipinski definition) is 3. The van der Waals surface area contributed by atoms with Gasteiger partial charge in [-0.25, -0.2) is 0 Å². The highest BCUT2D eigenvalue weighted by Crippen LogP contribution is 2.46. The minimum Gasteiger partial charge on any atom is -0.465 e. The standard InChI is InChI=1S/C9H17NO2/c1-4-12-7(11)9(10)5-8(2,3)6-9/h4-6,10H2,1-3H3. The van der Waals surface area contributed by atoms with Gasteiger partial charge in [0.25, 0.3) is 0 Å². The number of carbonyl (C=O) groups is 1. The monoisotopic (exact) mass is 171 g/mol. The van der Waals surface area contributed by atoms with E-state index >= 15 is 0 Å². The average Bonchev–Trinajstić information content (AvgIpc) is 1.83. The largest absolute Gasteiger partial charge is 0.465 e. The summed E-state index contributed by atoms with van der Waals surface area (Å²) in [6.45, 7) is 6.43. The van der Waals surface area contributed by atoms with Crippen LogP contribution in [-0.4, -0.2) is 18.1 Å². The molecule has 70 valence electrons. The summed E-state index contributed by atoms with van der Waals surface area (Å²) in [7, 11) is 0. The molecule has 0 radical (unpaired) electrons. The number of ether oxygens (including phenoxy) is 1. The van der Waals surface area contributed by atoms with E-state index in [1.807, 2.05) is 0 Å². The quantitative estimate of drug-likeness (QED) is 0.632. The van der Waals surface area contributed by atoms with Crippen molar-refractivity contribution >= 4 is 5.97 Å². The maximum atomic E-state index is 11.3. The molecule has 0 amide bonds. The minimum absolute atomic E-state index is 0.210. The van der Waals surface area contributed by atoms with Gasteiger partial charge in [-0.3, -0.25) is 4.79 Å². The Morgan fingerprint density at radius 1 is 1.50 bits per heavy atom. The van der Waals surface area contributed by atoms with Crippen LogP contribution >= 0.6 is 0 Å². The maximum absolute atomic E-state index is 11.3. The highest BCUT2D eigenvalue weighted by Gasteiger charge is 2.52. The molecule has 0 bridgehead atoms. The fourth-order valence-electron chi connectivity index (χ4n) is 2.08. The van der Waals surface area contributed by atoms with E-state index in [4.69, 9.17) is 10.5 Å². The van der Waals surface area contributed by atoms with E-state index in [-0.39, 0.29) is 11.4 Å². The molecule has 1 fully saturated rings. The Hall–Kier alpha value is -0.570. The van der Waals surface area contributed by atoms with E-state index in [0.717, 1.165) is 12.8 Å². The summed E-state index contributed by atoms with van der Waals surface area (Å²) in [5, 5.41) is 0. The summed E-state index contributed by atoms with van der Waals surface area (Å²) >= 11 is 0. The molecule has 0 aromatic rings. The zero-order valence-corrected chi connectivity index (χ0v) is 8.02. The normalized spacial score (nSPS) is 24.3. The number of hydrogen-bond donors (Lipinski definition) is 1. The Morgan fingerprint density at radius 2 is 2.00 bits per heavy atom.